The van der Waals surface area contributed by atoms with E-state index in [1.807, 2.05) is 19.1 Å². The van der Waals surface area contributed by atoms with E-state index in [4.69, 9.17) is 0 Å². The normalized spacial score (nSPS) is 12.5. The van der Waals surface area contributed by atoms with Crippen molar-refractivity contribution in [2.45, 2.75) is 32.7 Å². The van der Waals surface area contributed by atoms with Crippen LogP contribution in [0, 0.1) is 6.92 Å². The number of nitrogens with zero attached hydrogens (tertiary/aromatic N) is 1. The smallest absolute Gasteiger partial charge is 0.115 e. The van der Waals surface area contributed by atoms with Gasteiger partial charge >= 0.3 is 0 Å². The number of aromatic hydroxyl groups is 1. The van der Waals surface area contributed by atoms with Crippen molar-refractivity contribution >= 4 is 11.3 Å². The van der Waals surface area contributed by atoms with E-state index in [-0.39, 0.29) is 0 Å². The molecule has 0 aliphatic carbocycles. The molecular formula is C15H20N2OS. The van der Waals surface area contributed by atoms with Crippen molar-refractivity contribution in [2.24, 2.45) is 0 Å². The predicted molar refractivity (Wildman–Crippen MR) is 79.8 cm³/mol. The van der Waals surface area contributed by atoms with Gasteiger partial charge in [0, 0.05) is 30.1 Å². The molecule has 0 saturated carbocycles. The number of aromatic nitrogens is 1. The Bertz CT molecular complexity index is 507. The molecule has 1 unspecified atom stereocenters. The number of phenols is 1. The molecule has 0 saturated heterocycles. The molecule has 0 bridgehead atoms. The number of benzene rings is 1. The number of aryl methyl sites for hydroxylation is 1. The van der Waals surface area contributed by atoms with Gasteiger partial charge in [0.2, 0.25) is 0 Å². The molecule has 0 radical (unpaired) electrons. The zero-order chi connectivity index (χ0) is 13.7. The highest BCUT2D eigenvalue weighted by molar-refractivity contribution is 7.09. The fourth-order valence-electron chi connectivity index (χ4n) is 2.00. The molecule has 102 valence electrons. The van der Waals surface area contributed by atoms with E-state index >= 15 is 0 Å². The second-order valence-electron chi connectivity index (χ2n) is 4.86. The molecule has 1 aromatic heterocycles. The molecular weight excluding hydrogens is 256 g/mol. The summed E-state index contributed by atoms with van der Waals surface area (Å²) in [6, 6.07) is 7.83. The van der Waals surface area contributed by atoms with Gasteiger partial charge in [0.05, 0.1) is 5.01 Å². The van der Waals surface area contributed by atoms with E-state index in [1.165, 1.54) is 10.6 Å². The lowest BCUT2D eigenvalue weighted by atomic mass is 10.1. The van der Waals surface area contributed by atoms with Gasteiger partial charge in [-0.15, -0.1) is 11.3 Å². The van der Waals surface area contributed by atoms with E-state index in [0.717, 1.165) is 25.1 Å². The summed E-state index contributed by atoms with van der Waals surface area (Å²) in [5, 5.41) is 16.0. The molecule has 0 fully saturated rings. The molecule has 1 atom stereocenters. The van der Waals surface area contributed by atoms with E-state index < -0.39 is 0 Å². The Morgan fingerprint density at radius 1 is 1.32 bits per heavy atom. The summed E-state index contributed by atoms with van der Waals surface area (Å²) in [6.45, 7) is 5.16. The molecule has 2 rings (SSSR count). The van der Waals surface area contributed by atoms with Gasteiger partial charge in [-0.05, 0) is 38.0 Å². The summed E-state index contributed by atoms with van der Waals surface area (Å²) in [6.07, 6.45) is 1.95. The average Bonchev–Trinajstić information content (AvgIpc) is 2.78. The van der Waals surface area contributed by atoms with Crippen molar-refractivity contribution in [3.05, 3.63) is 45.9 Å². The van der Waals surface area contributed by atoms with Crippen LogP contribution in [0.15, 0.2) is 29.6 Å². The standard InChI is InChI=1S/C15H20N2OS/c1-11(9-13-3-5-14(18)6-4-13)16-8-7-15-17-12(2)10-19-15/h3-6,10-11,16,18H,7-9H2,1-2H3. The van der Waals surface area contributed by atoms with Crippen LogP contribution in [0.1, 0.15) is 23.2 Å². The van der Waals surface area contributed by atoms with E-state index in [9.17, 15) is 5.11 Å². The van der Waals surface area contributed by atoms with Crippen LogP contribution in [0.3, 0.4) is 0 Å². The summed E-state index contributed by atoms with van der Waals surface area (Å²) in [5.74, 6) is 0.323. The quantitative estimate of drug-likeness (QED) is 0.852. The molecule has 2 N–H and O–H groups in total. The Kier molecular flexibility index (Phi) is 4.93. The molecule has 1 heterocycles. The van der Waals surface area contributed by atoms with Gasteiger partial charge in [-0.25, -0.2) is 4.98 Å². The van der Waals surface area contributed by atoms with Crippen LogP contribution in [0.2, 0.25) is 0 Å². The molecule has 0 amide bonds. The van der Waals surface area contributed by atoms with Crippen molar-refractivity contribution < 1.29 is 5.11 Å². The monoisotopic (exact) mass is 276 g/mol. The molecule has 0 aliphatic rings. The maximum Gasteiger partial charge on any atom is 0.115 e. The minimum atomic E-state index is 0.323. The number of nitrogens with one attached hydrogen (secondary N) is 1. The second kappa shape index (κ2) is 6.68. The van der Waals surface area contributed by atoms with Gasteiger partial charge in [-0.2, -0.15) is 0 Å². The minimum Gasteiger partial charge on any atom is -0.508 e. The summed E-state index contributed by atoms with van der Waals surface area (Å²) in [5.41, 5.74) is 2.35. The topological polar surface area (TPSA) is 45.1 Å². The maximum absolute atomic E-state index is 9.24. The van der Waals surface area contributed by atoms with E-state index in [2.05, 4.69) is 22.6 Å². The van der Waals surface area contributed by atoms with E-state index in [1.54, 1.807) is 23.5 Å². The molecule has 0 aliphatic heterocycles. The Labute approximate surface area is 118 Å². The first-order chi connectivity index (χ1) is 9.13. The van der Waals surface area contributed by atoms with Crippen molar-refractivity contribution in [1.29, 1.82) is 0 Å². The van der Waals surface area contributed by atoms with Gasteiger partial charge in [-0.1, -0.05) is 12.1 Å². The van der Waals surface area contributed by atoms with Gasteiger partial charge in [-0.3, -0.25) is 0 Å². The highest BCUT2D eigenvalue weighted by Gasteiger charge is 2.04. The largest absolute Gasteiger partial charge is 0.508 e. The minimum absolute atomic E-state index is 0.323. The first kappa shape index (κ1) is 14.0. The number of hydrogen-bond acceptors (Lipinski definition) is 4. The van der Waals surface area contributed by atoms with Crippen LogP contribution >= 0.6 is 11.3 Å². The third-order valence-corrected chi connectivity index (χ3v) is 4.00. The van der Waals surface area contributed by atoms with Crippen LogP contribution in [0.5, 0.6) is 5.75 Å². The second-order valence-corrected chi connectivity index (χ2v) is 5.80. The first-order valence-corrected chi connectivity index (χ1v) is 7.44. The molecule has 19 heavy (non-hydrogen) atoms. The summed E-state index contributed by atoms with van der Waals surface area (Å²) < 4.78 is 0. The highest BCUT2D eigenvalue weighted by Crippen LogP contribution is 2.11. The number of thiazole rings is 1. The third kappa shape index (κ3) is 4.65. The average molecular weight is 276 g/mol. The molecule has 0 spiro atoms. The molecule has 2 aromatic rings. The van der Waals surface area contributed by atoms with Gasteiger partial charge in [0.15, 0.2) is 0 Å². The molecule has 4 heteroatoms. The zero-order valence-electron chi connectivity index (χ0n) is 11.4. The van der Waals surface area contributed by atoms with Crippen molar-refractivity contribution in [3.63, 3.8) is 0 Å². The van der Waals surface area contributed by atoms with Crippen molar-refractivity contribution in [3.8, 4) is 5.75 Å². The predicted octanol–water partition coefficient (Wildman–Crippen LogP) is 2.92. The number of hydrogen-bond donors (Lipinski definition) is 2. The highest BCUT2D eigenvalue weighted by atomic mass is 32.1. The Balaban J connectivity index is 1.72. The lowest BCUT2D eigenvalue weighted by molar-refractivity contribution is 0.474. The lowest BCUT2D eigenvalue weighted by Crippen LogP contribution is -2.29. The third-order valence-electron chi connectivity index (χ3n) is 2.98. The SMILES string of the molecule is Cc1csc(CCNC(C)Cc2ccc(O)cc2)n1. The van der Waals surface area contributed by atoms with Gasteiger partial charge < -0.3 is 10.4 Å². The maximum atomic E-state index is 9.24. The molecule has 3 nitrogen and oxygen atoms in total. The summed E-state index contributed by atoms with van der Waals surface area (Å²) in [7, 11) is 0. The Morgan fingerprint density at radius 2 is 2.05 bits per heavy atom. The van der Waals surface area contributed by atoms with Gasteiger partial charge in [0.1, 0.15) is 5.75 Å². The number of rotatable bonds is 6. The van der Waals surface area contributed by atoms with Crippen molar-refractivity contribution in [1.82, 2.24) is 10.3 Å². The number of phenolic OH excluding ortho intramolecular Hbond substituents is 1. The fourth-order valence-corrected chi connectivity index (χ4v) is 2.78. The summed E-state index contributed by atoms with van der Waals surface area (Å²) in [4.78, 5) is 4.45. The zero-order valence-corrected chi connectivity index (χ0v) is 12.2. The van der Waals surface area contributed by atoms with E-state index in [0.29, 0.717) is 11.8 Å². The first-order valence-electron chi connectivity index (χ1n) is 6.56. The van der Waals surface area contributed by atoms with Crippen LogP contribution in [-0.2, 0) is 12.8 Å². The van der Waals surface area contributed by atoms with Crippen molar-refractivity contribution in [2.75, 3.05) is 6.54 Å². The Hall–Kier alpha value is -1.39. The van der Waals surface area contributed by atoms with Gasteiger partial charge in [0.25, 0.3) is 0 Å². The van der Waals surface area contributed by atoms with Crippen LogP contribution in [0.4, 0.5) is 0 Å². The Morgan fingerprint density at radius 3 is 2.68 bits per heavy atom. The summed E-state index contributed by atoms with van der Waals surface area (Å²) >= 11 is 1.73. The fraction of sp³-hybridized carbons (Fsp3) is 0.400. The molecule has 1 aromatic carbocycles. The lowest BCUT2D eigenvalue weighted by Gasteiger charge is -2.13. The van der Waals surface area contributed by atoms with Crippen LogP contribution in [0.25, 0.3) is 0 Å². The van der Waals surface area contributed by atoms with Crippen LogP contribution < -0.4 is 5.32 Å². The van der Waals surface area contributed by atoms with Crippen LogP contribution in [-0.4, -0.2) is 22.7 Å².